The SMILES string of the molecule is CCN1c2ncc(CCc3ccccc3)cc2C(=O)N(C)c2ccc(Cl)nc21. The van der Waals surface area contributed by atoms with Gasteiger partial charge in [0, 0.05) is 19.8 Å². The lowest BCUT2D eigenvalue weighted by molar-refractivity contribution is 0.0994. The minimum absolute atomic E-state index is 0.0922. The van der Waals surface area contributed by atoms with Crippen molar-refractivity contribution in [2.24, 2.45) is 0 Å². The second kappa shape index (κ2) is 7.60. The number of benzene rings is 1. The van der Waals surface area contributed by atoms with Crippen LogP contribution in [-0.2, 0) is 12.8 Å². The number of nitrogens with zero attached hydrogens (tertiary/aromatic N) is 4. The van der Waals surface area contributed by atoms with Gasteiger partial charge in [0.1, 0.15) is 11.0 Å². The molecule has 0 fully saturated rings. The van der Waals surface area contributed by atoms with Gasteiger partial charge in [-0.25, -0.2) is 9.97 Å². The van der Waals surface area contributed by atoms with Gasteiger partial charge in [-0.3, -0.25) is 4.79 Å². The molecule has 0 aliphatic carbocycles. The summed E-state index contributed by atoms with van der Waals surface area (Å²) in [4.78, 5) is 25.9. The van der Waals surface area contributed by atoms with Gasteiger partial charge in [-0.2, -0.15) is 0 Å². The normalized spacial score (nSPS) is 13.2. The largest absolute Gasteiger partial charge is 0.309 e. The highest BCUT2D eigenvalue weighted by Gasteiger charge is 2.30. The molecule has 0 saturated carbocycles. The van der Waals surface area contributed by atoms with Crippen LogP contribution >= 0.6 is 11.6 Å². The van der Waals surface area contributed by atoms with E-state index in [2.05, 4.69) is 22.1 Å². The zero-order valence-electron chi connectivity index (χ0n) is 15.9. The standard InChI is InChI=1S/C22H21ClN4O/c1-3-27-20-17(22(28)26(2)18-11-12-19(23)25-21(18)27)13-16(14-24-20)10-9-15-7-5-4-6-8-15/h4-8,11-14H,3,9-10H2,1-2H3. The number of pyridine rings is 2. The van der Waals surface area contributed by atoms with Gasteiger partial charge in [0.05, 0.1) is 11.3 Å². The lowest BCUT2D eigenvalue weighted by atomic mass is 10.0. The number of rotatable bonds is 4. The molecule has 1 aromatic carbocycles. The first kappa shape index (κ1) is 18.4. The van der Waals surface area contributed by atoms with Gasteiger partial charge in [-0.15, -0.1) is 0 Å². The molecular weight excluding hydrogens is 372 g/mol. The molecule has 1 aliphatic heterocycles. The number of fused-ring (bicyclic) bond motifs is 2. The first-order valence-corrected chi connectivity index (χ1v) is 9.71. The van der Waals surface area contributed by atoms with E-state index in [0.29, 0.717) is 28.9 Å². The number of aromatic nitrogens is 2. The van der Waals surface area contributed by atoms with Gasteiger partial charge in [0.2, 0.25) is 0 Å². The van der Waals surface area contributed by atoms with E-state index in [1.54, 1.807) is 18.0 Å². The van der Waals surface area contributed by atoms with Gasteiger partial charge in [0.15, 0.2) is 5.82 Å². The van der Waals surface area contributed by atoms with Gasteiger partial charge < -0.3 is 9.80 Å². The Hall–Kier alpha value is -2.92. The van der Waals surface area contributed by atoms with Crippen molar-refractivity contribution >= 4 is 34.8 Å². The molecule has 3 aromatic rings. The highest BCUT2D eigenvalue weighted by Crippen LogP contribution is 2.38. The van der Waals surface area contributed by atoms with Crippen molar-refractivity contribution in [3.05, 3.63) is 76.6 Å². The maximum Gasteiger partial charge on any atom is 0.261 e. The van der Waals surface area contributed by atoms with Crippen LogP contribution in [0.25, 0.3) is 0 Å². The molecule has 0 bridgehead atoms. The van der Waals surface area contributed by atoms with E-state index < -0.39 is 0 Å². The highest BCUT2D eigenvalue weighted by molar-refractivity contribution is 6.29. The van der Waals surface area contributed by atoms with Gasteiger partial charge in [0.25, 0.3) is 5.91 Å². The maximum atomic E-state index is 13.2. The molecule has 6 heteroatoms. The second-order valence-electron chi connectivity index (χ2n) is 6.79. The smallest absolute Gasteiger partial charge is 0.261 e. The molecular formula is C22H21ClN4O. The first-order chi connectivity index (χ1) is 13.6. The van der Waals surface area contributed by atoms with Crippen molar-refractivity contribution in [1.82, 2.24) is 9.97 Å². The van der Waals surface area contributed by atoms with Crippen LogP contribution in [0.4, 0.5) is 17.3 Å². The van der Waals surface area contributed by atoms with E-state index in [1.165, 1.54) is 5.56 Å². The predicted molar refractivity (Wildman–Crippen MR) is 113 cm³/mol. The van der Waals surface area contributed by atoms with E-state index in [1.807, 2.05) is 48.4 Å². The molecule has 2 aromatic heterocycles. The molecule has 0 atom stereocenters. The van der Waals surface area contributed by atoms with Crippen LogP contribution in [0.5, 0.6) is 0 Å². The van der Waals surface area contributed by atoms with Gasteiger partial charge >= 0.3 is 0 Å². The molecule has 3 heterocycles. The molecule has 142 valence electrons. The first-order valence-electron chi connectivity index (χ1n) is 9.33. The number of carbonyl (C=O) groups is 1. The van der Waals surface area contributed by atoms with Crippen LogP contribution in [0.15, 0.2) is 54.7 Å². The van der Waals surface area contributed by atoms with Crippen molar-refractivity contribution in [3.8, 4) is 0 Å². The molecule has 0 spiro atoms. The van der Waals surface area contributed by atoms with Crippen molar-refractivity contribution < 1.29 is 4.79 Å². The number of hydrogen-bond acceptors (Lipinski definition) is 4. The fourth-order valence-electron chi connectivity index (χ4n) is 3.51. The van der Waals surface area contributed by atoms with Crippen LogP contribution in [-0.4, -0.2) is 29.5 Å². The second-order valence-corrected chi connectivity index (χ2v) is 7.17. The third-order valence-corrected chi connectivity index (χ3v) is 5.22. The molecule has 5 nitrogen and oxygen atoms in total. The fraction of sp³-hybridized carbons (Fsp3) is 0.227. The van der Waals surface area contributed by atoms with Crippen LogP contribution in [0.1, 0.15) is 28.4 Å². The average molecular weight is 393 g/mol. The number of carbonyl (C=O) groups excluding carboxylic acids is 1. The minimum atomic E-state index is -0.0922. The predicted octanol–water partition coefficient (Wildman–Crippen LogP) is 4.66. The Labute approximate surface area is 169 Å². The summed E-state index contributed by atoms with van der Waals surface area (Å²) in [5.41, 5.74) is 3.61. The summed E-state index contributed by atoms with van der Waals surface area (Å²) < 4.78 is 0. The van der Waals surface area contributed by atoms with E-state index >= 15 is 0 Å². The Morgan fingerprint density at radius 3 is 2.50 bits per heavy atom. The Bertz CT molecular complexity index is 1020. The number of amides is 1. The van der Waals surface area contributed by atoms with E-state index in [0.717, 1.165) is 24.1 Å². The number of hydrogen-bond donors (Lipinski definition) is 0. The Morgan fingerprint density at radius 2 is 1.75 bits per heavy atom. The van der Waals surface area contributed by atoms with Crippen LogP contribution in [0, 0.1) is 0 Å². The number of aryl methyl sites for hydroxylation is 2. The Kier molecular flexibility index (Phi) is 5.01. The van der Waals surface area contributed by atoms with E-state index in [9.17, 15) is 4.79 Å². The van der Waals surface area contributed by atoms with Crippen molar-refractivity contribution in [2.45, 2.75) is 19.8 Å². The van der Waals surface area contributed by atoms with Crippen LogP contribution in [0.2, 0.25) is 5.15 Å². The highest BCUT2D eigenvalue weighted by atomic mass is 35.5. The summed E-state index contributed by atoms with van der Waals surface area (Å²) in [5, 5.41) is 0.390. The molecule has 1 amide bonds. The summed E-state index contributed by atoms with van der Waals surface area (Å²) in [6, 6.07) is 15.8. The van der Waals surface area contributed by atoms with Crippen LogP contribution < -0.4 is 9.80 Å². The van der Waals surface area contributed by atoms with Crippen molar-refractivity contribution in [1.29, 1.82) is 0 Å². The number of halogens is 1. The molecule has 4 rings (SSSR count). The Morgan fingerprint density at radius 1 is 1.00 bits per heavy atom. The molecule has 28 heavy (non-hydrogen) atoms. The minimum Gasteiger partial charge on any atom is -0.309 e. The van der Waals surface area contributed by atoms with Crippen LogP contribution in [0.3, 0.4) is 0 Å². The van der Waals surface area contributed by atoms with E-state index in [4.69, 9.17) is 11.6 Å². The monoisotopic (exact) mass is 392 g/mol. The average Bonchev–Trinajstić information content (AvgIpc) is 2.80. The zero-order chi connectivity index (χ0) is 19.7. The van der Waals surface area contributed by atoms with Gasteiger partial charge in [-0.1, -0.05) is 41.9 Å². The topological polar surface area (TPSA) is 49.3 Å². The molecule has 0 radical (unpaired) electrons. The summed E-state index contributed by atoms with van der Waals surface area (Å²) in [5.74, 6) is 1.18. The van der Waals surface area contributed by atoms with E-state index in [-0.39, 0.29) is 5.91 Å². The maximum absolute atomic E-state index is 13.2. The molecule has 0 saturated heterocycles. The number of anilines is 3. The fourth-order valence-corrected chi connectivity index (χ4v) is 3.65. The quantitative estimate of drug-likeness (QED) is 0.606. The molecule has 0 unspecified atom stereocenters. The Balaban J connectivity index is 1.73. The molecule has 1 aliphatic rings. The third kappa shape index (κ3) is 3.34. The zero-order valence-corrected chi connectivity index (χ0v) is 16.6. The third-order valence-electron chi connectivity index (χ3n) is 5.01. The summed E-state index contributed by atoms with van der Waals surface area (Å²) in [7, 11) is 1.76. The lowest BCUT2D eigenvalue weighted by Gasteiger charge is -2.23. The van der Waals surface area contributed by atoms with Crippen molar-refractivity contribution in [2.75, 3.05) is 23.4 Å². The summed E-state index contributed by atoms with van der Waals surface area (Å²) in [6.45, 7) is 2.64. The summed E-state index contributed by atoms with van der Waals surface area (Å²) >= 11 is 6.13. The summed E-state index contributed by atoms with van der Waals surface area (Å²) in [6.07, 6.45) is 3.58. The molecule has 0 N–H and O–H groups in total. The lowest BCUT2D eigenvalue weighted by Crippen LogP contribution is -2.25. The van der Waals surface area contributed by atoms with Gasteiger partial charge in [-0.05, 0) is 49.1 Å². The van der Waals surface area contributed by atoms with Crippen molar-refractivity contribution in [3.63, 3.8) is 0 Å².